The fraction of sp³-hybridized carbons (Fsp3) is 0.417. The van der Waals surface area contributed by atoms with Crippen molar-refractivity contribution in [3.63, 3.8) is 0 Å². The van der Waals surface area contributed by atoms with Crippen LogP contribution in [0.15, 0.2) is 12.1 Å². The minimum Gasteiger partial charge on any atom is -0.338 e. The predicted octanol–water partition coefficient (Wildman–Crippen LogP) is 2.59. The highest BCUT2D eigenvalue weighted by atomic mass is 19.2. The molecule has 1 fully saturated rings. The molecule has 92 valence electrons. The molecule has 5 heteroatoms. The fourth-order valence-electron chi connectivity index (χ4n) is 1.98. The van der Waals surface area contributed by atoms with E-state index >= 15 is 0 Å². The second-order valence-corrected chi connectivity index (χ2v) is 4.40. The summed E-state index contributed by atoms with van der Waals surface area (Å²) in [7, 11) is 0. The zero-order chi connectivity index (χ0) is 12.6. The number of hydrogen-bond donors (Lipinski definition) is 0. The van der Waals surface area contributed by atoms with E-state index in [0.717, 1.165) is 18.6 Å². The maximum Gasteiger partial charge on any atom is 0.254 e. The third-order valence-electron chi connectivity index (χ3n) is 2.94. The Hall–Kier alpha value is -1.52. The summed E-state index contributed by atoms with van der Waals surface area (Å²) in [4.78, 5) is 13.4. The van der Waals surface area contributed by atoms with E-state index in [4.69, 9.17) is 0 Å². The third-order valence-corrected chi connectivity index (χ3v) is 2.94. The molecule has 1 aliphatic rings. The topological polar surface area (TPSA) is 20.3 Å². The van der Waals surface area contributed by atoms with Crippen molar-refractivity contribution >= 4 is 5.91 Å². The molecular formula is C12H12F3NO. The number of rotatable bonds is 1. The van der Waals surface area contributed by atoms with Crippen molar-refractivity contribution in [1.82, 2.24) is 4.90 Å². The van der Waals surface area contributed by atoms with Gasteiger partial charge >= 0.3 is 0 Å². The largest absolute Gasteiger partial charge is 0.338 e. The lowest BCUT2D eigenvalue weighted by Gasteiger charge is -2.16. The molecule has 0 saturated carbocycles. The molecule has 2 nitrogen and oxygen atoms in total. The minimum absolute atomic E-state index is 0.143. The van der Waals surface area contributed by atoms with Crippen molar-refractivity contribution in [2.75, 3.05) is 13.1 Å². The van der Waals surface area contributed by atoms with E-state index in [1.807, 2.05) is 6.92 Å². The van der Waals surface area contributed by atoms with Crippen molar-refractivity contribution in [3.05, 3.63) is 35.1 Å². The number of halogens is 3. The molecule has 1 aromatic rings. The average Bonchev–Trinajstić information content (AvgIpc) is 2.71. The van der Waals surface area contributed by atoms with E-state index in [1.165, 1.54) is 4.90 Å². The molecule has 0 aromatic heterocycles. The van der Waals surface area contributed by atoms with Gasteiger partial charge in [0.2, 0.25) is 0 Å². The van der Waals surface area contributed by atoms with Crippen LogP contribution in [0.25, 0.3) is 0 Å². The van der Waals surface area contributed by atoms with Gasteiger partial charge < -0.3 is 4.90 Å². The van der Waals surface area contributed by atoms with Crippen LogP contribution in [0.2, 0.25) is 0 Å². The summed E-state index contributed by atoms with van der Waals surface area (Å²) < 4.78 is 38.7. The summed E-state index contributed by atoms with van der Waals surface area (Å²) in [5.74, 6) is -4.28. The van der Waals surface area contributed by atoms with E-state index < -0.39 is 23.4 Å². The van der Waals surface area contributed by atoms with Crippen LogP contribution in [-0.4, -0.2) is 23.9 Å². The molecular weight excluding hydrogens is 231 g/mol. The quantitative estimate of drug-likeness (QED) is 0.694. The number of amides is 1. The van der Waals surface area contributed by atoms with Gasteiger partial charge in [0.05, 0.1) is 0 Å². The molecule has 0 aliphatic carbocycles. The van der Waals surface area contributed by atoms with Crippen molar-refractivity contribution < 1.29 is 18.0 Å². The van der Waals surface area contributed by atoms with Crippen LogP contribution in [-0.2, 0) is 0 Å². The smallest absolute Gasteiger partial charge is 0.254 e. The first-order valence-electron chi connectivity index (χ1n) is 5.43. The first-order chi connectivity index (χ1) is 7.99. The molecule has 2 rings (SSSR count). The summed E-state index contributed by atoms with van der Waals surface area (Å²) in [6.45, 7) is 3.14. The molecule has 0 radical (unpaired) electrons. The molecule has 1 unspecified atom stereocenters. The Kier molecular flexibility index (Phi) is 3.09. The van der Waals surface area contributed by atoms with Gasteiger partial charge in [0.15, 0.2) is 17.5 Å². The molecule has 0 bridgehead atoms. The van der Waals surface area contributed by atoms with E-state index in [-0.39, 0.29) is 5.56 Å². The minimum atomic E-state index is -1.55. The van der Waals surface area contributed by atoms with Crippen LogP contribution in [0.3, 0.4) is 0 Å². The van der Waals surface area contributed by atoms with Crippen molar-refractivity contribution in [3.8, 4) is 0 Å². The van der Waals surface area contributed by atoms with Crippen LogP contribution in [0, 0.1) is 23.4 Å². The van der Waals surface area contributed by atoms with Gasteiger partial charge in [-0.15, -0.1) is 0 Å². The Morgan fingerprint density at radius 1 is 1.29 bits per heavy atom. The van der Waals surface area contributed by atoms with Gasteiger partial charge in [0.1, 0.15) is 0 Å². The number of nitrogens with zero attached hydrogens (tertiary/aromatic N) is 1. The summed E-state index contributed by atoms with van der Waals surface area (Å²) >= 11 is 0. The maximum atomic E-state index is 13.0. The molecule has 0 spiro atoms. The molecule has 1 aromatic carbocycles. The van der Waals surface area contributed by atoms with Gasteiger partial charge in [-0.3, -0.25) is 4.79 Å². The van der Waals surface area contributed by atoms with E-state index in [2.05, 4.69) is 0 Å². The number of likely N-dealkylation sites (tertiary alicyclic amines) is 1. The highest BCUT2D eigenvalue weighted by Gasteiger charge is 2.25. The standard InChI is InChI=1S/C12H12F3NO/c1-7-2-3-16(6-7)12(17)8-4-9(13)11(15)10(14)5-8/h4-5,7H,2-3,6H2,1H3. The number of hydrogen-bond acceptors (Lipinski definition) is 1. The van der Waals surface area contributed by atoms with Gasteiger partial charge in [-0.2, -0.15) is 0 Å². The molecule has 1 atom stereocenters. The zero-order valence-corrected chi connectivity index (χ0v) is 9.34. The van der Waals surface area contributed by atoms with Crippen LogP contribution in [0.5, 0.6) is 0 Å². The normalized spacial score (nSPS) is 19.8. The summed E-state index contributed by atoms with van der Waals surface area (Å²) in [6.07, 6.45) is 0.873. The van der Waals surface area contributed by atoms with E-state index in [1.54, 1.807) is 0 Å². The fourth-order valence-corrected chi connectivity index (χ4v) is 1.98. The summed E-state index contributed by atoms with van der Waals surface area (Å²) in [5, 5.41) is 0. The van der Waals surface area contributed by atoms with Crippen LogP contribution in [0.1, 0.15) is 23.7 Å². The average molecular weight is 243 g/mol. The lowest BCUT2D eigenvalue weighted by molar-refractivity contribution is 0.0787. The molecule has 0 N–H and O–H groups in total. The summed E-state index contributed by atoms with van der Waals surface area (Å²) in [5.41, 5.74) is -0.143. The molecule has 17 heavy (non-hydrogen) atoms. The first kappa shape index (κ1) is 12.0. The molecule has 1 aliphatic heterocycles. The monoisotopic (exact) mass is 243 g/mol. The number of carbonyl (C=O) groups excluding carboxylic acids is 1. The Morgan fingerprint density at radius 3 is 2.35 bits per heavy atom. The molecule has 1 heterocycles. The van der Waals surface area contributed by atoms with E-state index in [0.29, 0.717) is 19.0 Å². The lowest BCUT2D eigenvalue weighted by Crippen LogP contribution is -2.28. The lowest BCUT2D eigenvalue weighted by atomic mass is 10.1. The van der Waals surface area contributed by atoms with Gasteiger partial charge in [-0.25, -0.2) is 13.2 Å². The highest BCUT2D eigenvalue weighted by molar-refractivity contribution is 5.94. The Bertz CT molecular complexity index is 438. The van der Waals surface area contributed by atoms with Crippen molar-refractivity contribution in [2.45, 2.75) is 13.3 Å². The second kappa shape index (κ2) is 4.39. The van der Waals surface area contributed by atoms with Crippen LogP contribution < -0.4 is 0 Å². The Morgan fingerprint density at radius 2 is 1.88 bits per heavy atom. The van der Waals surface area contributed by atoms with Crippen molar-refractivity contribution in [1.29, 1.82) is 0 Å². The maximum absolute atomic E-state index is 13.0. The zero-order valence-electron chi connectivity index (χ0n) is 9.34. The Balaban J connectivity index is 2.25. The van der Waals surface area contributed by atoms with Gasteiger partial charge in [0, 0.05) is 18.7 Å². The molecule has 1 saturated heterocycles. The number of benzene rings is 1. The Labute approximate surface area is 97.0 Å². The molecule has 1 amide bonds. The second-order valence-electron chi connectivity index (χ2n) is 4.40. The SMILES string of the molecule is CC1CCN(C(=O)c2cc(F)c(F)c(F)c2)C1. The van der Waals surface area contributed by atoms with Gasteiger partial charge in [0.25, 0.3) is 5.91 Å². The first-order valence-corrected chi connectivity index (χ1v) is 5.43. The third kappa shape index (κ3) is 2.28. The van der Waals surface area contributed by atoms with Crippen LogP contribution >= 0.6 is 0 Å². The van der Waals surface area contributed by atoms with Gasteiger partial charge in [-0.05, 0) is 24.5 Å². The van der Waals surface area contributed by atoms with Gasteiger partial charge in [-0.1, -0.05) is 6.92 Å². The highest BCUT2D eigenvalue weighted by Crippen LogP contribution is 2.20. The van der Waals surface area contributed by atoms with Crippen LogP contribution in [0.4, 0.5) is 13.2 Å². The summed E-state index contributed by atoms with van der Waals surface area (Å²) in [6, 6.07) is 1.48. The number of carbonyl (C=O) groups is 1. The van der Waals surface area contributed by atoms with E-state index in [9.17, 15) is 18.0 Å². The van der Waals surface area contributed by atoms with Crippen molar-refractivity contribution in [2.24, 2.45) is 5.92 Å². The predicted molar refractivity (Wildman–Crippen MR) is 56.0 cm³/mol.